The van der Waals surface area contributed by atoms with Gasteiger partial charge in [-0.15, -0.1) is 0 Å². The van der Waals surface area contributed by atoms with Crippen molar-refractivity contribution >= 4 is 22.6 Å². The van der Waals surface area contributed by atoms with E-state index in [1.165, 1.54) is 0 Å². The van der Waals surface area contributed by atoms with Gasteiger partial charge < -0.3 is 15.6 Å². The van der Waals surface area contributed by atoms with Crippen LogP contribution < -0.4 is 11.1 Å². The molecule has 2 aliphatic rings. The molecule has 7 heteroatoms. The molecule has 0 radical (unpaired) electrons. The van der Waals surface area contributed by atoms with Crippen molar-refractivity contribution in [2.24, 2.45) is 5.73 Å². The molecule has 1 heterocycles. The van der Waals surface area contributed by atoms with Crippen LogP contribution in [0.25, 0.3) is 5.57 Å². The van der Waals surface area contributed by atoms with E-state index in [2.05, 4.69) is 25.2 Å². The molecule has 1 fully saturated rings. The zero-order valence-corrected chi connectivity index (χ0v) is 16.8. The van der Waals surface area contributed by atoms with Crippen molar-refractivity contribution < 1.29 is 13.6 Å². The highest BCUT2D eigenvalue weighted by Crippen LogP contribution is 2.33. The third-order valence-corrected chi connectivity index (χ3v) is 6.27. The smallest absolute Gasteiger partial charge is 0.249 e. The lowest BCUT2D eigenvalue weighted by Crippen LogP contribution is -2.55. The minimum absolute atomic E-state index is 0.213. The first-order valence-corrected chi connectivity index (χ1v) is 10.7. The van der Waals surface area contributed by atoms with Crippen LogP contribution in [-0.2, 0) is 11.1 Å². The number of nitrogens with two attached hydrogens (primary N) is 1. The Morgan fingerprint density at radius 2 is 2.00 bits per heavy atom. The fourth-order valence-corrected chi connectivity index (χ4v) is 5.07. The monoisotopic (exact) mass is 390 g/mol. The summed E-state index contributed by atoms with van der Waals surface area (Å²) in [6.07, 6.45) is 6.21. The molecule has 0 aromatic heterocycles. The number of rotatable bonds is 5. The van der Waals surface area contributed by atoms with Crippen molar-refractivity contribution in [2.75, 3.05) is 13.1 Å². The van der Waals surface area contributed by atoms with E-state index >= 15 is 0 Å². The fraction of sp³-hybridized carbons (Fsp3) is 0.550. The average molecular weight is 391 g/mol. The van der Waals surface area contributed by atoms with Crippen molar-refractivity contribution in [3.8, 4) is 0 Å². The maximum Gasteiger partial charge on any atom is 0.249 e. The van der Waals surface area contributed by atoms with Gasteiger partial charge in [0.15, 0.2) is 0 Å². The number of amides is 1. The maximum absolute atomic E-state index is 12.2. The Bertz CT molecular complexity index is 755. The lowest BCUT2D eigenvalue weighted by molar-refractivity contribution is 0.1000. The standard InChI is InChI=1S/C20H29N3O3S/c1-13-11-23(12-14(2)22-13)20(27(25)26)16-8-9-17(19(21)24)18(10-16)15-6-4-3-5-7-15/h6,8-10,13-14,20,22H,3-5,7,11-12H2,1-2H3,(H2,21,24)(H,25,26)/p-1. The Morgan fingerprint density at radius 1 is 1.30 bits per heavy atom. The first-order valence-electron chi connectivity index (χ1n) is 9.58. The molecule has 0 bridgehead atoms. The third-order valence-electron chi connectivity index (χ3n) is 5.33. The SMILES string of the molecule is CC1CN(C(c2ccc(C(N)=O)c(C3=CCCCC3)c2)S(=O)[O-])CC(C)N1. The van der Waals surface area contributed by atoms with Crippen LogP contribution in [0.1, 0.15) is 66.4 Å². The number of carbonyl (C=O) groups is 1. The summed E-state index contributed by atoms with van der Waals surface area (Å²) in [5.74, 6) is -0.479. The van der Waals surface area contributed by atoms with Crippen LogP contribution in [0.2, 0.25) is 0 Å². The third kappa shape index (κ3) is 4.66. The van der Waals surface area contributed by atoms with Gasteiger partial charge in [-0.1, -0.05) is 12.1 Å². The van der Waals surface area contributed by atoms with Crippen LogP contribution in [0.5, 0.6) is 0 Å². The van der Waals surface area contributed by atoms with Crippen LogP contribution in [0.3, 0.4) is 0 Å². The fourth-order valence-electron chi connectivity index (χ4n) is 4.28. The predicted molar refractivity (Wildman–Crippen MR) is 107 cm³/mol. The van der Waals surface area contributed by atoms with Crippen molar-refractivity contribution in [3.05, 3.63) is 41.0 Å². The van der Waals surface area contributed by atoms with Crippen LogP contribution in [0.15, 0.2) is 24.3 Å². The lowest BCUT2D eigenvalue weighted by Gasteiger charge is -2.41. The first kappa shape index (κ1) is 20.2. The van der Waals surface area contributed by atoms with E-state index in [1.807, 2.05) is 11.0 Å². The Kier molecular flexibility index (Phi) is 6.47. The average Bonchev–Trinajstić information content (AvgIpc) is 2.61. The summed E-state index contributed by atoms with van der Waals surface area (Å²) in [6.45, 7) is 5.42. The van der Waals surface area contributed by atoms with Gasteiger partial charge in [-0.2, -0.15) is 0 Å². The molecule has 1 aliphatic heterocycles. The minimum atomic E-state index is -2.30. The number of primary amides is 1. The van der Waals surface area contributed by atoms with Crippen molar-refractivity contribution in [1.29, 1.82) is 0 Å². The number of nitrogens with zero attached hydrogens (tertiary/aromatic N) is 1. The highest BCUT2D eigenvalue weighted by molar-refractivity contribution is 7.79. The summed E-state index contributed by atoms with van der Waals surface area (Å²) in [7, 11) is 0. The molecule has 1 aromatic carbocycles. The summed E-state index contributed by atoms with van der Waals surface area (Å²) in [4.78, 5) is 13.9. The van der Waals surface area contributed by atoms with Gasteiger partial charge in [0.2, 0.25) is 5.91 Å². The molecular weight excluding hydrogens is 362 g/mol. The molecule has 4 atom stereocenters. The van der Waals surface area contributed by atoms with Gasteiger partial charge in [-0.25, -0.2) is 0 Å². The molecule has 1 amide bonds. The molecule has 148 valence electrons. The molecule has 0 saturated carbocycles. The molecule has 6 nitrogen and oxygen atoms in total. The molecular formula is C20H28N3O3S-. The second kappa shape index (κ2) is 8.65. The van der Waals surface area contributed by atoms with E-state index < -0.39 is 22.4 Å². The molecule has 1 saturated heterocycles. The lowest BCUT2D eigenvalue weighted by atomic mass is 9.89. The van der Waals surface area contributed by atoms with Gasteiger partial charge in [0, 0.05) is 30.7 Å². The molecule has 1 aliphatic carbocycles. The predicted octanol–water partition coefficient (Wildman–Crippen LogP) is 2.30. The Hall–Kier alpha value is -1.54. The summed E-state index contributed by atoms with van der Waals surface area (Å²) >= 11 is -2.30. The highest BCUT2D eigenvalue weighted by Gasteiger charge is 2.29. The van der Waals surface area contributed by atoms with Crippen molar-refractivity contribution in [2.45, 2.75) is 57.0 Å². The summed E-state index contributed by atoms with van der Waals surface area (Å²) in [5, 5.41) is 2.69. The summed E-state index contributed by atoms with van der Waals surface area (Å²) in [5.41, 5.74) is 8.61. The second-order valence-corrected chi connectivity index (χ2v) is 8.65. The number of hydrogen-bond acceptors (Lipinski definition) is 5. The van der Waals surface area contributed by atoms with Gasteiger partial charge in [-0.3, -0.25) is 13.9 Å². The van der Waals surface area contributed by atoms with Crippen LogP contribution in [0.4, 0.5) is 0 Å². The normalized spacial score (nSPS) is 26.3. The minimum Gasteiger partial charge on any atom is -0.771 e. The quantitative estimate of drug-likeness (QED) is 0.752. The van der Waals surface area contributed by atoms with Crippen LogP contribution in [0, 0.1) is 0 Å². The van der Waals surface area contributed by atoms with Gasteiger partial charge >= 0.3 is 0 Å². The molecule has 3 rings (SSSR count). The Morgan fingerprint density at radius 3 is 2.56 bits per heavy atom. The van der Waals surface area contributed by atoms with E-state index in [1.54, 1.807) is 12.1 Å². The molecule has 0 spiro atoms. The maximum atomic E-state index is 12.2. The first-order chi connectivity index (χ1) is 12.9. The highest BCUT2D eigenvalue weighted by atomic mass is 32.2. The zero-order chi connectivity index (χ0) is 19.6. The van der Waals surface area contributed by atoms with E-state index in [0.717, 1.165) is 36.8 Å². The topological polar surface area (TPSA) is 98.5 Å². The molecule has 4 unspecified atom stereocenters. The van der Waals surface area contributed by atoms with Gasteiger partial charge in [0.05, 0.1) is 5.37 Å². The molecule has 1 aromatic rings. The van der Waals surface area contributed by atoms with Crippen LogP contribution >= 0.6 is 0 Å². The number of piperazine rings is 1. The van der Waals surface area contributed by atoms with Crippen LogP contribution in [-0.4, -0.2) is 44.7 Å². The number of hydrogen-bond donors (Lipinski definition) is 2. The number of nitrogens with one attached hydrogen (secondary N) is 1. The van der Waals surface area contributed by atoms with Crippen molar-refractivity contribution in [1.82, 2.24) is 10.2 Å². The summed E-state index contributed by atoms with van der Waals surface area (Å²) in [6, 6.07) is 5.69. The van der Waals surface area contributed by atoms with E-state index in [-0.39, 0.29) is 12.1 Å². The van der Waals surface area contributed by atoms with E-state index in [9.17, 15) is 13.6 Å². The zero-order valence-electron chi connectivity index (χ0n) is 15.9. The largest absolute Gasteiger partial charge is 0.771 e. The van der Waals surface area contributed by atoms with Gasteiger partial charge in [-0.05, 0) is 79.4 Å². The van der Waals surface area contributed by atoms with E-state index in [4.69, 9.17) is 5.73 Å². The van der Waals surface area contributed by atoms with Gasteiger partial charge in [0.25, 0.3) is 0 Å². The number of allylic oxidation sites excluding steroid dienone is 2. The van der Waals surface area contributed by atoms with Gasteiger partial charge in [0.1, 0.15) is 0 Å². The number of carbonyl (C=O) groups excluding carboxylic acids is 1. The summed E-state index contributed by atoms with van der Waals surface area (Å²) < 4.78 is 24.3. The van der Waals surface area contributed by atoms with E-state index in [0.29, 0.717) is 24.2 Å². The second-order valence-electron chi connectivity index (χ2n) is 7.68. The molecule has 3 N–H and O–H groups in total. The Balaban J connectivity index is 2.01. The Labute approximate surface area is 163 Å². The molecule has 27 heavy (non-hydrogen) atoms. The van der Waals surface area contributed by atoms with Crippen molar-refractivity contribution in [3.63, 3.8) is 0 Å². The number of benzene rings is 1.